The maximum absolute atomic E-state index is 11.0. The van der Waals surface area contributed by atoms with Crippen molar-refractivity contribution in [3.05, 3.63) is 23.1 Å². The topological polar surface area (TPSA) is 80.4 Å². The molecule has 0 bridgehead atoms. The zero-order chi connectivity index (χ0) is 12.0. The first-order valence-electron chi connectivity index (χ1n) is 5.59. The Labute approximate surface area is 97.3 Å². The average Bonchev–Trinajstić information content (AvgIpc) is 2.69. The molecule has 88 valence electrons. The number of hydrogen-bond acceptors (Lipinski definition) is 4. The first-order valence-corrected chi connectivity index (χ1v) is 5.59. The van der Waals surface area contributed by atoms with Crippen LogP contribution in [0.3, 0.4) is 0 Å². The number of aryl methyl sites for hydroxylation is 2. The van der Waals surface area contributed by atoms with Gasteiger partial charge in [-0.2, -0.15) is 10.2 Å². The highest BCUT2D eigenvalue weighted by Gasteiger charge is 2.27. The molecule has 0 saturated heterocycles. The van der Waals surface area contributed by atoms with Crippen LogP contribution < -0.4 is 0 Å². The molecule has 0 fully saturated rings. The minimum Gasteiger partial charge on any atom is -0.481 e. The number of hydrogen-bond donors (Lipinski definition) is 1. The van der Waals surface area contributed by atoms with E-state index in [1.54, 1.807) is 4.52 Å². The van der Waals surface area contributed by atoms with Gasteiger partial charge in [0.2, 0.25) is 0 Å². The lowest BCUT2D eigenvalue weighted by molar-refractivity contribution is -0.142. The predicted molar refractivity (Wildman–Crippen MR) is 58.7 cm³/mol. The van der Waals surface area contributed by atoms with Crippen LogP contribution >= 0.6 is 0 Å². The minimum absolute atomic E-state index is 0.334. The van der Waals surface area contributed by atoms with Crippen LogP contribution in [0, 0.1) is 12.8 Å². The molecule has 0 spiro atoms. The Hall–Kier alpha value is -1.98. The van der Waals surface area contributed by atoms with E-state index in [-0.39, 0.29) is 5.92 Å². The predicted octanol–water partition coefficient (Wildman–Crippen LogP) is 0.622. The Bertz CT molecular complexity index is 605. The molecule has 0 aliphatic heterocycles. The van der Waals surface area contributed by atoms with Gasteiger partial charge < -0.3 is 5.11 Å². The zero-order valence-electron chi connectivity index (χ0n) is 9.42. The van der Waals surface area contributed by atoms with Gasteiger partial charge >= 0.3 is 5.97 Å². The summed E-state index contributed by atoms with van der Waals surface area (Å²) in [7, 11) is 0. The molecule has 0 amide bonds. The van der Waals surface area contributed by atoms with E-state index in [0.717, 1.165) is 17.1 Å². The van der Waals surface area contributed by atoms with Crippen molar-refractivity contribution >= 4 is 11.6 Å². The molecule has 2 heterocycles. The molecule has 17 heavy (non-hydrogen) atoms. The number of nitrogens with zero attached hydrogens (tertiary/aromatic N) is 4. The Kier molecular flexibility index (Phi) is 2.10. The molecular weight excluding hydrogens is 220 g/mol. The molecule has 3 rings (SSSR count). The van der Waals surface area contributed by atoms with Gasteiger partial charge in [0.25, 0.3) is 0 Å². The SMILES string of the molecule is Cc1cc2nnc3c(n2n1)CC(C(=O)O)CC3. The van der Waals surface area contributed by atoms with Crippen molar-refractivity contribution in [3.8, 4) is 0 Å². The van der Waals surface area contributed by atoms with Gasteiger partial charge in [-0.1, -0.05) is 0 Å². The lowest BCUT2D eigenvalue weighted by Gasteiger charge is -2.20. The van der Waals surface area contributed by atoms with Crippen LogP contribution in [0.4, 0.5) is 0 Å². The Morgan fingerprint density at radius 3 is 3.12 bits per heavy atom. The first-order chi connectivity index (χ1) is 8.15. The van der Waals surface area contributed by atoms with Gasteiger partial charge in [0.1, 0.15) is 0 Å². The van der Waals surface area contributed by atoms with Crippen molar-refractivity contribution < 1.29 is 9.90 Å². The number of carboxylic acid groups (broad SMARTS) is 1. The van der Waals surface area contributed by atoms with E-state index in [2.05, 4.69) is 15.3 Å². The third-order valence-electron chi connectivity index (χ3n) is 3.19. The number of carboxylic acids is 1. The summed E-state index contributed by atoms with van der Waals surface area (Å²) in [4.78, 5) is 11.0. The fourth-order valence-corrected chi connectivity index (χ4v) is 2.30. The van der Waals surface area contributed by atoms with E-state index in [0.29, 0.717) is 24.9 Å². The van der Waals surface area contributed by atoms with Gasteiger partial charge in [-0.25, -0.2) is 4.52 Å². The molecular formula is C11H12N4O2. The molecule has 1 N–H and O–H groups in total. The van der Waals surface area contributed by atoms with E-state index >= 15 is 0 Å². The molecule has 1 aliphatic carbocycles. The second-order valence-corrected chi connectivity index (χ2v) is 4.43. The molecule has 6 heteroatoms. The standard InChI is InChI=1S/C11H12N4O2/c1-6-4-10-13-12-8-3-2-7(11(16)17)5-9(8)15(10)14-6/h4,7H,2-3,5H2,1H3,(H,16,17). The maximum atomic E-state index is 11.0. The summed E-state index contributed by atoms with van der Waals surface area (Å²) in [6.45, 7) is 1.89. The second-order valence-electron chi connectivity index (χ2n) is 4.43. The summed E-state index contributed by atoms with van der Waals surface area (Å²) in [5.41, 5.74) is 3.32. The van der Waals surface area contributed by atoms with E-state index in [9.17, 15) is 4.79 Å². The van der Waals surface area contributed by atoms with E-state index in [4.69, 9.17) is 5.11 Å². The minimum atomic E-state index is -0.746. The van der Waals surface area contributed by atoms with Crippen LogP contribution in [0.1, 0.15) is 23.5 Å². The van der Waals surface area contributed by atoms with Crippen molar-refractivity contribution in [1.82, 2.24) is 19.8 Å². The van der Waals surface area contributed by atoms with Crippen molar-refractivity contribution in [3.63, 3.8) is 0 Å². The summed E-state index contributed by atoms with van der Waals surface area (Å²) >= 11 is 0. The van der Waals surface area contributed by atoms with Crippen molar-refractivity contribution in [2.75, 3.05) is 0 Å². The molecule has 2 aromatic rings. The summed E-state index contributed by atoms with van der Waals surface area (Å²) in [6, 6.07) is 1.84. The van der Waals surface area contributed by atoms with Crippen LogP contribution in [-0.2, 0) is 17.6 Å². The summed E-state index contributed by atoms with van der Waals surface area (Å²) in [6.07, 6.45) is 1.77. The van der Waals surface area contributed by atoms with Gasteiger partial charge in [-0.3, -0.25) is 4.79 Å². The largest absolute Gasteiger partial charge is 0.481 e. The number of fused-ring (bicyclic) bond motifs is 3. The van der Waals surface area contributed by atoms with Crippen molar-refractivity contribution in [2.45, 2.75) is 26.2 Å². The fraction of sp³-hybridized carbons (Fsp3) is 0.455. The molecule has 1 aliphatic rings. The van der Waals surface area contributed by atoms with Gasteiger partial charge in [0.15, 0.2) is 5.65 Å². The van der Waals surface area contributed by atoms with Gasteiger partial charge in [-0.05, 0) is 19.8 Å². The molecule has 0 aromatic carbocycles. The molecule has 1 unspecified atom stereocenters. The third kappa shape index (κ3) is 1.56. The number of aromatic nitrogens is 4. The smallest absolute Gasteiger partial charge is 0.306 e. The summed E-state index contributed by atoms with van der Waals surface area (Å²) < 4.78 is 1.73. The van der Waals surface area contributed by atoms with Crippen LogP contribution in [0.15, 0.2) is 6.07 Å². The van der Waals surface area contributed by atoms with Crippen molar-refractivity contribution in [2.24, 2.45) is 5.92 Å². The Morgan fingerprint density at radius 1 is 1.53 bits per heavy atom. The highest BCUT2D eigenvalue weighted by atomic mass is 16.4. The third-order valence-corrected chi connectivity index (χ3v) is 3.19. The Morgan fingerprint density at radius 2 is 2.35 bits per heavy atom. The fourth-order valence-electron chi connectivity index (χ4n) is 2.30. The summed E-state index contributed by atoms with van der Waals surface area (Å²) in [5, 5.41) is 21.7. The average molecular weight is 232 g/mol. The van der Waals surface area contributed by atoms with Gasteiger partial charge in [0, 0.05) is 12.5 Å². The number of aliphatic carboxylic acids is 1. The van der Waals surface area contributed by atoms with Gasteiger partial charge in [-0.15, -0.1) is 5.10 Å². The maximum Gasteiger partial charge on any atom is 0.306 e. The summed E-state index contributed by atoms with van der Waals surface area (Å²) in [5.74, 6) is -1.08. The highest BCUT2D eigenvalue weighted by molar-refractivity contribution is 5.70. The molecule has 0 saturated carbocycles. The molecule has 0 radical (unpaired) electrons. The lowest BCUT2D eigenvalue weighted by atomic mass is 9.90. The second kappa shape index (κ2) is 3.51. The number of carbonyl (C=O) groups is 1. The van der Waals surface area contributed by atoms with E-state index < -0.39 is 5.97 Å². The van der Waals surface area contributed by atoms with Crippen molar-refractivity contribution in [1.29, 1.82) is 0 Å². The molecule has 6 nitrogen and oxygen atoms in total. The monoisotopic (exact) mass is 232 g/mol. The first kappa shape index (κ1) is 10.2. The van der Waals surface area contributed by atoms with E-state index in [1.165, 1.54) is 0 Å². The van der Waals surface area contributed by atoms with Crippen LogP contribution in [0.2, 0.25) is 0 Å². The molecule has 2 aromatic heterocycles. The van der Waals surface area contributed by atoms with Crippen LogP contribution in [0.5, 0.6) is 0 Å². The van der Waals surface area contributed by atoms with E-state index in [1.807, 2.05) is 13.0 Å². The van der Waals surface area contributed by atoms with Crippen LogP contribution in [-0.4, -0.2) is 30.9 Å². The quantitative estimate of drug-likeness (QED) is 0.779. The van der Waals surface area contributed by atoms with Gasteiger partial charge in [0.05, 0.1) is 23.0 Å². The lowest BCUT2D eigenvalue weighted by Crippen LogP contribution is -2.25. The highest BCUT2D eigenvalue weighted by Crippen LogP contribution is 2.24. The van der Waals surface area contributed by atoms with Crippen LogP contribution in [0.25, 0.3) is 5.65 Å². The number of rotatable bonds is 1. The zero-order valence-corrected chi connectivity index (χ0v) is 9.42. The molecule has 1 atom stereocenters. The normalized spacial score (nSPS) is 19.2. The Balaban J connectivity index is 2.15.